The molecule has 0 amide bonds. The molecule has 5 heteroatoms. The molecular weight excluding hydrogens is 524 g/mol. The Bertz CT molecular complexity index is 860. The molecule has 0 fully saturated rings. The number of aliphatic hydroxyl groups excluding tert-OH is 2. The van der Waals surface area contributed by atoms with E-state index in [0.29, 0.717) is 38.3 Å². The summed E-state index contributed by atoms with van der Waals surface area (Å²) >= 11 is 0. The average molecular weight is 581 g/mol. The summed E-state index contributed by atoms with van der Waals surface area (Å²) in [5.74, 6) is 1.72. The van der Waals surface area contributed by atoms with Gasteiger partial charge in [0.15, 0.2) is 0 Å². The second kappa shape index (κ2) is 23.0. The van der Waals surface area contributed by atoms with Gasteiger partial charge in [-0.1, -0.05) is 126 Å². The van der Waals surface area contributed by atoms with Crippen molar-refractivity contribution in [3.63, 3.8) is 0 Å². The van der Waals surface area contributed by atoms with E-state index >= 15 is 0 Å². The van der Waals surface area contributed by atoms with Gasteiger partial charge in [0.05, 0.1) is 45.2 Å². The Morgan fingerprint density at radius 1 is 0.429 bits per heavy atom. The highest BCUT2D eigenvalue weighted by atomic mass is 16.5. The first-order valence-corrected chi connectivity index (χ1v) is 15.3. The SMILES string of the molecule is CC(C)[C@H](C)COCc1ccccc1.C[C@H](COCc1ccccc1)[C@@H](C)O.C[C@H](O)[C@H](C)COCc1ccccc1. The largest absolute Gasteiger partial charge is 0.393 e. The van der Waals surface area contributed by atoms with Crippen LogP contribution in [0.5, 0.6) is 0 Å². The van der Waals surface area contributed by atoms with Gasteiger partial charge in [0.1, 0.15) is 0 Å². The average Bonchev–Trinajstić information content (AvgIpc) is 2.99. The molecule has 0 aliphatic carbocycles. The molecule has 42 heavy (non-hydrogen) atoms. The van der Waals surface area contributed by atoms with Crippen LogP contribution in [-0.2, 0) is 34.0 Å². The zero-order chi connectivity index (χ0) is 31.2. The summed E-state index contributed by atoms with van der Waals surface area (Å²) < 4.78 is 16.6. The van der Waals surface area contributed by atoms with Crippen molar-refractivity contribution in [1.82, 2.24) is 0 Å². The Balaban J connectivity index is 0.000000315. The lowest BCUT2D eigenvalue weighted by Gasteiger charge is -2.15. The molecule has 5 nitrogen and oxygen atoms in total. The van der Waals surface area contributed by atoms with E-state index in [4.69, 9.17) is 14.2 Å². The van der Waals surface area contributed by atoms with Gasteiger partial charge in [0.25, 0.3) is 0 Å². The molecule has 3 aromatic carbocycles. The van der Waals surface area contributed by atoms with Crippen molar-refractivity contribution >= 4 is 0 Å². The van der Waals surface area contributed by atoms with E-state index in [9.17, 15) is 10.2 Å². The molecule has 0 unspecified atom stereocenters. The quantitative estimate of drug-likeness (QED) is 0.191. The summed E-state index contributed by atoms with van der Waals surface area (Å²) in [5.41, 5.74) is 3.60. The van der Waals surface area contributed by atoms with E-state index in [0.717, 1.165) is 13.2 Å². The predicted octanol–water partition coefficient (Wildman–Crippen LogP) is 7.94. The number of aliphatic hydroxyl groups is 2. The number of ether oxygens (including phenoxy) is 3. The molecule has 0 radical (unpaired) electrons. The van der Waals surface area contributed by atoms with Gasteiger partial charge in [-0.15, -0.1) is 0 Å². The molecular formula is C37H56O5. The fourth-order valence-electron chi connectivity index (χ4n) is 3.28. The molecule has 0 aromatic heterocycles. The van der Waals surface area contributed by atoms with Crippen molar-refractivity contribution < 1.29 is 24.4 Å². The molecule has 0 spiro atoms. The second-order valence-corrected chi connectivity index (χ2v) is 11.7. The molecule has 5 atom stereocenters. The van der Waals surface area contributed by atoms with Crippen molar-refractivity contribution in [3.8, 4) is 0 Å². The van der Waals surface area contributed by atoms with Gasteiger partial charge in [-0.25, -0.2) is 0 Å². The summed E-state index contributed by atoms with van der Waals surface area (Å²) in [6.45, 7) is 18.3. The smallest absolute Gasteiger partial charge is 0.0717 e. The molecule has 0 bridgehead atoms. The maximum absolute atomic E-state index is 9.24. The van der Waals surface area contributed by atoms with Crippen LogP contribution in [0.2, 0.25) is 0 Å². The molecule has 0 aliphatic rings. The van der Waals surface area contributed by atoms with Crippen molar-refractivity contribution in [2.45, 2.75) is 80.5 Å². The maximum atomic E-state index is 9.24. The van der Waals surface area contributed by atoms with Crippen molar-refractivity contribution in [1.29, 1.82) is 0 Å². The first kappa shape index (κ1) is 37.5. The molecule has 0 aliphatic heterocycles. The fraction of sp³-hybridized carbons (Fsp3) is 0.514. The minimum Gasteiger partial charge on any atom is -0.393 e. The molecule has 0 saturated heterocycles. The van der Waals surface area contributed by atoms with E-state index in [2.05, 4.69) is 32.9 Å². The number of hydrogen-bond acceptors (Lipinski definition) is 5. The highest BCUT2D eigenvalue weighted by molar-refractivity contribution is 5.14. The van der Waals surface area contributed by atoms with Crippen LogP contribution in [0.4, 0.5) is 0 Å². The van der Waals surface area contributed by atoms with Crippen molar-refractivity contribution in [2.24, 2.45) is 23.7 Å². The zero-order valence-electron chi connectivity index (χ0n) is 27.0. The molecule has 0 saturated carbocycles. The lowest BCUT2D eigenvalue weighted by Crippen LogP contribution is -2.18. The molecule has 3 rings (SSSR count). The lowest BCUT2D eigenvalue weighted by molar-refractivity contribution is 0.0365. The van der Waals surface area contributed by atoms with Gasteiger partial charge in [0, 0.05) is 18.4 Å². The number of hydrogen-bond donors (Lipinski definition) is 2. The third kappa shape index (κ3) is 18.8. The Labute approximate surface area is 255 Å². The van der Waals surface area contributed by atoms with Crippen LogP contribution >= 0.6 is 0 Å². The molecule has 234 valence electrons. The third-order valence-electron chi connectivity index (χ3n) is 7.26. The Morgan fingerprint density at radius 3 is 0.929 bits per heavy atom. The van der Waals surface area contributed by atoms with Crippen molar-refractivity contribution in [2.75, 3.05) is 19.8 Å². The van der Waals surface area contributed by atoms with Gasteiger partial charge in [0.2, 0.25) is 0 Å². The summed E-state index contributed by atoms with van der Waals surface area (Å²) in [6, 6.07) is 30.4. The minimum atomic E-state index is -0.300. The normalized spacial score (nSPS) is 14.4. The van der Waals surface area contributed by atoms with Crippen molar-refractivity contribution in [3.05, 3.63) is 108 Å². The van der Waals surface area contributed by atoms with E-state index in [-0.39, 0.29) is 24.0 Å². The van der Waals surface area contributed by atoms with Gasteiger partial charge in [-0.2, -0.15) is 0 Å². The summed E-state index contributed by atoms with van der Waals surface area (Å²) in [6.07, 6.45) is -0.600. The molecule has 3 aromatic rings. The third-order valence-corrected chi connectivity index (χ3v) is 7.26. The van der Waals surface area contributed by atoms with Gasteiger partial charge < -0.3 is 24.4 Å². The predicted molar refractivity (Wildman–Crippen MR) is 174 cm³/mol. The van der Waals surface area contributed by atoms with E-state index in [1.54, 1.807) is 13.8 Å². The van der Waals surface area contributed by atoms with E-state index in [1.165, 1.54) is 16.7 Å². The minimum absolute atomic E-state index is 0.193. The van der Waals surface area contributed by atoms with Gasteiger partial charge in [-0.3, -0.25) is 0 Å². The Kier molecular flexibility index (Phi) is 20.5. The van der Waals surface area contributed by atoms with Crippen LogP contribution in [-0.4, -0.2) is 42.2 Å². The van der Waals surface area contributed by atoms with Crippen LogP contribution in [0.15, 0.2) is 91.0 Å². The first-order valence-electron chi connectivity index (χ1n) is 15.3. The topological polar surface area (TPSA) is 68.2 Å². The lowest BCUT2D eigenvalue weighted by atomic mass is 9.99. The summed E-state index contributed by atoms with van der Waals surface area (Å²) in [4.78, 5) is 0. The Hall–Kier alpha value is -2.54. The maximum Gasteiger partial charge on any atom is 0.0717 e. The Morgan fingerprint density at radius 2 is 0.690 bits per heavy atom. The second-order valence-electron chi connectivity index (χ2n) is 11.7. The number of rotatable bonds is 15. The van der Waals surface area contributed by atoms with Crippen LogP contribution in [0.1, 0.15) is 65.2 Å². The molecule has 0 heterocycles. The summed E-state index contributed by atoms with van der Waals surface area (Å²) in [5, 5.41) is 18.5. The van der Waals surface area contributed by atoms with Gasteiger partial charge >= 0.3 is 0 Å². The standard InChI is InChI=1S/C13H20O.2C12H18O2/c1-11(2)12(3)9-14-10-13-7-5-4-6-8-13;2*1-10(11(2)13)8-14-9-12-6-4-3-5-7-12/h4-8,11-12H,9-10H2,1-3H3;2*3-7,10-11,13H,8-9H2,1-2H3/t12-;10-,11+;10-,11-/m111/s1. The van der Waals surface area contributed by atoms with E-state index in [1.807, 2.05) is 92.7 Å². The van der Waals surface area contributed by atoms with Crippen LogP contribution < -0.4 is 0 Å². The monoisotopic (exact) mass is 580 g/mol. The van der Waals surface area contributed by atoms with Crippen LogP contribution in [0.3, 0.4) is 0 Å². The fourth-order valence-corrected chi connectivity index (χ4v) is 3.28. The first-order chi connectivity index (χ1) is 20.1. The zero-order valence-corrected chi connectivity index (χ0v) is 27.0. The highest BCUT2D eigenvalue weighted by Gasteiger charge is 2.09. The van der Waals surface area contributed by atoms with E-state index < -0.39 is 0 Å². The van der Waals surface area contributed by atoms with Gasteiger partial charge in [-0.05, 0) is 42.4 Å². The highest BCUT2D eigenvalue weighted by Crippen LogP contribution is 2.11. The van der Waals surface area contributed by atoms with Crippen LogP contribution in [0, 0.1) is 23.7 Å². The number of benzene rings is 3. The van der Waals surface area contributed by atoms with Crippen LogP contribution in [0.25, 0.3) is 0 Å². The summed E-state index contributed by atoms with van der Waals surface area (Å²) in [7, 11) is 0. The molecule has 2 N–H and O–H groups in total.